The van der Waals surface area contributed by atoms with Gasteiger partial charge in [-0.05, 0) is 58.4 Å². The Morgan fingerprint density at radius 3 is 2.57 bits per heavy atom. The number of methoxy groups -OCH3 is 1. The van der Waals surface area contributed by atoms with E-state index in [-0.39, 0.29) is 24.4 Å². The summed E-state index contributed by atoms with van der Waals surface area (Å²) in [6, 6.07) is 12.3. The number of quaternary nitrogens is 1. The summed E-state index contributed by atoms with van der Waals surface area (Å²) in [6.45, 7) is 2.63. The van der Waals surface area contributed by atoms with Crippen LogP contribution in [-0.2, 0) is 4.79 Å². The molecular formula is C21H25BrFN2O3+. The van der Waals surface area contributed by atoms with Crippen LogP contribution in [0.5, 0.6) is 11.5 Å². The second-order valence-corrected chi connectivity index (χ2v) is 7.71. The van der Waals surface area contributed by atoms with Gasteiger partial charge in [0.2, 0.25) is 0 Å². The predicted molar refractivity (Wildman–Crippen MR) is 108 cm³/mol. The fourth-order valence-electron chi connectivity index (χ4n) is 3.51. The van der Waals surface area contributed by atoms with E-state index < -0.39 is 0 Å². The number of carbonyl (C=O) groups is 1. The van der Waals surface area contributed by atoms with Crippen LogP contribution < -0.4 is 19.7 Å². The van der Waals surface area contributed by atoms with Gasteiger partial charge >= 0.3 is 0 Å². The van der Waals surface area contributed by atoms with E-state index in [0.717, 1.165) is 18.8 Å². The van der Waals surface area contributed by atoms with E-state index in [9.17, 15) is 9.18 Å². The molecule has 0 spiro atoms. The Morgan fingerprint density at radius 1 is 1.21 bits per heavy atom. The highest BCUT2D eigenvalue weighted by Crippen LogP contribution is 2.25. The lowest BCUT2D eigenvalue weighted by Gasteiger charge is -2.25. The van der Waals surface area contributed by atoms with Crippen LogP contribution in [0.3, 0.4) is 0 Å². The van der Waals surface area contributed by atoms with Crippen molar-refractivity contribution in [3.63, 3.8) is 0 Å². The number of benzene rings is 2. The summed E-state index contributed by atoms with van der Waals surface area (Å²) in [4.78, 5) is 13.8. The third-order valence-corrected chi connectivity index (χ3v) is 5.63. The van der Waals surface area contributed by atoms with Gasteiger partial charge in [-0.2, -0.15) is 0 Å². The number of likely N-dealkylation sites (tertiary alicyclic amines) is 1. The van der Waals surface area contributed by atoms with Gasteiger partial charge in [0, 0.05) is 18.4 Å². The fraction of sp³-hybridized carbons (Fsp3) is 0.381. The lowest BCUT2D eigenvalue weighted by atomic mass is 10.1. The number of nitrogens with one attached hydrogen (secondary N) is 2. The number of halogens is 2. The van der Waals surface area contributed by atoms with Crippen LogP contribution in [-0.4, -0.2) is 39.3 Å². The maximum absolute atomic E-state index is 13.1. The highest BCUT2D eigenvalue weighted by atomic mass is 79.9. The first-order chi connectivity index (χ1) is 13.6. The van der Waals surface area contributed by atoms with Crippen LogP contribution in [0.25, 0.3) is 0 Å². The van der Waals surface area contributed by atoms with Crippen LogP contribution in [0.2, 0.25) is 0 Å². The Hall–Kier alpha value is -2.12. The molecule has 28 heavy (non-hydrogen) atoms. The number of carbonyl (C=O) groups excluding carboxylic acids is 1. The van der Waals surface area contributed by atoms with Crippen LogP contribution in [0, 0.1) is 5.82 Å². The Balaban J connectivity index is 1.58. The number of amides is 1. The number of hydrogen-bond acceptors (Lipinski definition) is 3. The monoisotopic (exact) mass is 451 g/mol. The van der Waals surface area contributed by atoms with Gasteiger partial charge in [0.05, 0.1) is 31.2 Å². The van der Waals surface area contributed by atoms with E-state index in [2.05, 4.69) is 33.4 Å². The standard InChI is InChI=1S/C21H24BrFN2O3/c1-27-17-7-4-15(5-8-17)19(25-10-2-3-11-25)13-24-21(26)14-28-20-9-6-16(23)12-18(20)22/h4-9,12,19H,2-3,10-11,13-14H2,1H3,(H,24,26)/p+1/t19-/m0/s1. The summed E-state index contributed by atoms with van der Waals surface area (Å²) >= 11 is 3.24. The molecule has 1 aliphatic rings. The summed E-state index contributed by atoms with van der Waals surface area (Å²) in [5.74, 6) is 0.697. The molecule has 150 valence electrons. The lowest BCUT2D eigenvalue weighted by Crippen LogP contribution is -3.11. The minimum atomic E-state index is -0.361. The molecule has 0 aliphatic carbocycles. The molecule has 7 heteroatoms. The average molecular weight is 452 g/mol. The number of ether oxygens (including phenoxy) is 2. The molecule has 2 N–H and O–H groups in total. The molecule has 0 radical (unpaired) electrons. The van der Waals surface area contributed by atoms with E-state index in [4.69, 9.17) is 9.47 Å². The Labute approximate surface area is 172 Å². The van der Waals surface area contributed by atoms with Crippen molar-refractivity contribution >= 4 is 21.8 Å². The van der Waals surface area contributed by atoms with Crippen molar-refractivity contribution in [1.29, 1.82) is 0 Å². The Bertz CT molecular complexity index is 795. The molecule has 1 atom stereocenters. The molecule has 1 heterocycles. The molecule has 5 nitrogen and oxygen atoms in total. The van der Waals surface area contributed by atoms with Crippen molar-refractivity contribution in [1.82, 2.24) is 5.32 Å². The van der Waals surface area contributed by atoms with Crippen molar-refractivity contribution in [2.45, 2.75) is 18.9 Å². The first kappa shape index (κ1) is 20.6. The molecule has 0 saturated carbocycles. The lowest BCUT2D eigenvalue weighted by molar-refractivity contribution is -0.918. The minimum absolute atomic E-state index is 0.116. The molecule has 0 unspecified atom stereocenters. The van der Waals surface area contributed by atoms with Crippen molar-refractivity contribution in [2.75, 3.05) is 33.4 Å². The maximum atomic E-state index is 13.1. The Kier molecular flexibility index (Phi) is 7.28. The molecule has 1 amide bonds. The van der Waals surface area contributed by atoms with Gasteiger partial charge in [-0.3, -0.25) is 4.79 Å². The zero-order valence-corrected chi connectivity index (χ0v) is 17.4. The highest BCUT2D eigenvalue weighted by molar-refractivity contribution is 9.10. The predicted octanol–water partition coefficient (Wildman–Crippen LogP) is 2.51. The largest absolute Gasteiger partial charge is 0.497 e. The molecule has 2 aromatic rings. The van der Waals surface area contributed by atoms with Gasteiger partial charge in [-0.25, -0.2) is 4.39 Å². The quantitative estimate of drug-likeness (QED) is 0.648. The molecule has 1 aliphatic heterocycles. The first-order valence-corrected chi connectivity index (χ1v) is 10.2. The van der Waals surface area contributed by atoms with Gasteiger partial charge in [0.25, 0.3) is 5.91 Å². The van der Waals surface area contributed by atoms with Crippen LogP contribution >= 0.6 is 15.9 Å². The van der Waals surface area contributed by atoms with Gasteiger partial charge in [0.1, 0.15) is 23.4 Å². The normalized spacial score (nSPS) is 15.2. The summed E-state index contributed by atoms with van der Waals surface area (Å²) in [6.07, 6.45) is 2.41. The van der Waals surface area contributed by atoms with Crippen LogP contribution in [0.15, 0.2) is 46.9 Å². The Morgan fingerprint density at radius 2 is 1.93 bits per heavy atom. The molecule has 2 aromatic carbocycles. The zero-order chi connectivity index (χ0) is 19.9. The number of rotatable bonds is 8. The van der Waals surface area contributed by atoms with Crippen molar-refractivity contribution in [3.05, 3.63) is 58.3 Å². The third-order valence-electron chi connectivity index (χ3n) is 5.01. The van der Waals surface area contributed by atoms with E-state index in [1.807, 2.05) is 12.1 Å². The topological polar surface area (TPSA) is 52.0 Å². The average Bonchev–Trinajstić information content (AvgIpc) is 3.22. The number of hydrogen-bond donors (Lipinski definition) is 2. The summed E-state index contributed by atoms with van der Waals surface area (Å²) in [7, 11) is 1.65. The van der Waals surface area contributed by atoms with E-state index in [1.165, 1.54) is 41.5 Å². The molecule has 1 fully saturated rings. The summed E-state index contributed by atoms with van der Waals surface area (Å²) < 4.78 is 24.4. The first-order valence-electron chi connectivity index (χ1n) is 9.40. The maximum Gasteiger partial charge on any atom is 0.258 e. The van der Waals surface area contributed by atoms with Crippen LogP contribution in [0.4, 0.5) is 4.39 Å². The zero-order valence-electron chi connectivity index (χ0n) is 15.8. The summed E-state index contributed by atoms with van der Waals surface area (Å²) in [5, 5.41) is 2.98. The highest BCUT2D eigenvalue weighted by Gasteiger charge is 2.27. The van der Waals surface area contributed by atoms with Crippen molar-refractivity contribution in [3.8, 4) is 11.5 Å². The molecule has 0 bridgehead atoms. The van der Waals surface area contributed by atoms with Crippen molar-refractivity contribution in [2.24, 2.45) is 0 Å². The second-order valence-electron chi connectivity index (χ2n) is 6.86. The minimum Gasteiger partial charge on any atom is -0.497 e. The van der Waals surface area contributed by atoms with Gasteiger partial charge < -0.3 is 19.7 Å². The second kappa shape index (κ2) is 9.89. The van der Waals surface area contributed by atoms with E-state index in [0.29, 0.717) is 16.8 Å². The summed E-state index contributed by atoms with van der Waals surface area (Å²) in [5.41, 5.74) is 1.18. The van der Waals surface area contributed by atoms with Crippen molar-refractivity contribution < 1.29 is 23.6 Å². The fourth-order valence-corrected chi connectivity index (χ4v) is 3.98. The van der Waals surface area contributed by atoms with Gasteiger partial charge in [0.15, 0.2) is 6.61 Å². The third kappa shape index (κ3) is 5.45. The van der Waals surface area contributed by atoms with E-state index in [1.54, 1.807) is 7.11 Å². The van der Waals surface area contributed by atoms with Gasteiger partial charge in [-0.15, -0.1) is 0 Å². The molecular weight excluding hydrogens is 427 g/mol. The van der Waals surface area contributed by atoms with E-state index >= 15 is 0 Å². The van der Waals surface area contributed by atoms with Gasteiger partial charge in [-0.1, -0.05) is 0 Å². The SMILES string of the molecule is COc1ccc([C@H](CNC(=O)COc2ccc(F)cc2Br)[NH+]2CCCC2)cc1. The van der Waals surface area contributed by atoms with Crippen LogP contribution in [0.1, 0.15) is 24.4 Å². The molecule has 1 saturated heterocycles. The smallest absolute Gasteiger partial charge is 0.258 e. The molecule has 0 aromatic heterocycles. The molecule has 3 rings (SSSR count).